The maximum atomic E-state index is 12.4. The van der Waals surface area contributed by atoms with Crippen molar-refractivity contribution in [3.05, 3.63) is 22.4 Å². The van der Waals surface area contributed by atoms with Crippen molar-refractivity contribution in [2.45, 2.75) is 25.5 Å². The fourth-order valence-corrected chi connectivity index (χ4v) is 4.19. The smallest absolute Gasteiger partial charge is 0.225 e. The minimum Gasteiger partial charge on any atom is -0.383 e. The van der Waals surface area contributed by atoms with Crippen molar-refractivity contribution >= 4 is 17.2 Å². The molecule has 0 bridgehead atoms. The van der Waals surface area contributed by atoms with Gasteiger partial charge in [0.05, 0.1) is 31.8 Å². The molecule has 1 aromatic heterocycles. The number of rotatable bonds is 6. The van der Waals surface area contributed by atoms with Crippen LogP contribution in [0.3, 0.4) is 0 Å². The van der Waals surface area contributed by atoms with Crippen LogP contribution >= 0.6 is 11.3 Å². The van der Waals surface area contributed by atoms with E-state index in [4.69, 9.17) is 9.47 Å². The second-order valence-corrected chi connectivity index (χ2v) is 7.48. The number of methoxy groups -OCH3 is 1. The molecule has 1 N–H and O–H groups in total. The summed E-state index contributed by atoms with van der Waals surface area (Å²) in [6.07, 6.45) is 2.33. The van der Waals surface area contributed by atoms with Gasteiger partial charge < -0.3 is 19.7 Å². The molecule has 3 atom stereocenters. The maximum Gasteiger partial charge on any atom is 0.225 e. The van der Waals surface area contributed by atoms with Crippen molar-refractivity contribution in [3.63, 3.8) is 0 Å². The van der Waals surface area contributed by atoms with E-state index in [0.29, 0.717) is 25.2 Å². The number of nitrogens with zero attached hydrogens (tertiary/aromatic N) is 1. The monoisotopic (exact) mass is 338 g/mol. The number of carbonyl (C=O) groups is 1. The molecule has 1 aromatic rings. The van der Waals surface area contributed by atoms with Crippen LogP contribution in [0.15, 0.2) is 17.5 Å². The number of nitrogens with one attached hydrogen (secondary N) is 1. The molecule has 0 radical (unpaired) electrons. The van der Waals surface area contributed by atoms with Crippen LogP contribution in [0.5, 0.6) is 0 Å². The lowest BCUT2D eigenvalue weighted by Crippen LogP contribution is -2.50. The molecule has 3 heterocycles. The number of hydrogen-bond acceptors (Lipinski definition) is 5. The van der Waals surface area contributed by atoms with E-state index in [0.717, 1.165) is 39.1 Å². The van der Waals surface area contributed by atoms with Crippen LogP contribution in [0.1, 0.15) is 17.7 Å². The summed E-state index contributed by atoms with van der Waals surface area (Å²) in [7, 11) is 1.74. The fourth-order valence-electron chi connectivity index (χ4n) is 3.54. The Kier molecular flexibility index (Phi) is 6.05. The highest BCUT2D eigenvalue weighted by Crippen LogP contribution is 2.31. The molecule has 2 aliphatic heterocycles. The molecular weight excluding hydrogens is 312 g/mol. The molecule has 1 amide bonds. The number of hydrogen-bond donors (Lipinski definition) is 1. The maximum absolute atomic E-state index is 12.4. The van der Waals surface area contributed by atoms with Crippen molar-refractivity contribution in [1.82, 2.24) is 10.2 Å². The third-order valence-electron chi connectivity index (χ3n) is 4.85. The molecular formula is C17H26N2O3S. The van der Waals surface area contributed by atoms with Crippen LogP contribution in [-0.4, -0.2) is 56.9 Å². The highest BCUT2D eigenvalue weighted by Gasteiger charge is 2.37. The number of piperidine rings is 1. The van der Waals surface area contributed by atoms with Crippen molar-refractivity contribution in [1.29, 1.82) is 0 Å². The summed E-state index contributed by atoms with van der Waals surface area (Å²) in [6, 6.07) is 4.06. The molecule has 0 aliphatic carbocycles. The number of likely N-dealkylation sites (tertiary alicyclic amines) is 1. The van der Waals surface area contributed by atoms with Crippen molar-refractivity contribution in [2.75, 3.05) is 40.0 Å². The highest BCUT2D eigenvalue weighted by atomic mass is 32.1. The predicted octanol–water partition coefficient (Wildman–Crippen LogP) is 1.74. The van der Waals surface area contributed by atoms with E-state index in [-0.39, 0.29) is 11.8 Å². The first-order valence-corrected chi connectivity index (χ1v) is 9.27. The van der Waals surface area contributed by atoms with Gasteiger partial charge in [-0.1, -0.05) is 6.07 Å². The Labute approximate surface area is 142 Å². The van der Waals surface area contributed by atoms with E-state index in [9.17, 15) is 4.79 Å². The van der Waals surface area contributed by atoms with Gasteiger partial charge in [-0.3, -0.25) is 4.79 Å². The molecule has 0 unspecified atom stereocenters. The van der Waals surface area contributed by atoms with Crippen molar-refractivity contribution in [2.24, 2.45) is 11.8 Å². The average Bonchev–Trinajstić information content (AvgIpc) is 3.10. The number of carbonyl (C=O) groups excluding carboxylic acids is 1. The van der Waals surface area contributed by atoms with E-state index in [2.05, 4.69) is 10.2 Å². The van der Waals surface area contributed by atoms with Crippen molar-refractivity contribution in [3.8, 4) is 0 Å². The minimum atomic E-state index is -0.0152. The molecule has 6 heteroatoms. The number of amides is 1. The van der Waals surface area contributed by atoms with Gasteiger partial charge in [-0.25, -0.2) is 0 Å². The van der Waals surface area contributed by atoms with Crippen LogP contribution in [0.2, 0.25) is 0 Å². The van der Waals surface area contributed by atoms with Gasteiger partial charge >= 0.3 is 0 Å². The van der Waals surface area contributed by atoms with Crippen molar-refractivity contribution < 1.29 is 14.3 Å². The standard InChI is InChI=1S/C17H26N2O3S/c1-21-7-6-19-5-4-16-13(11-19)9-14(12-22-16)17(20)18-10-15-3-2-8-23-15/h2-3,8,13-14,16H,4-7,9-12H2,1H3,(H,18,20)/t13-,14-,16+/m1/s1. The quantitative estimate of drug-likeness (QED) is 0.858. The van der Waals surface area contributed by atoms with E-state index in [1.807, 2.05) is 17.5 Å². The topological polar surface area (TPSA) is 50.8 Å². The zero-order valence-corrected chi connectivity index (χ0v) is 14.5. The first-order chi connectivity index (χ1) is 11.3. The summed E-state index contributed by atoms with van der Waals surface area (Å²) in [5.74, 6) is 0.580. The van der Waals surface area contributed by atoms with Crippen LogP contribution in [0.4, 0.5) is 0 Å². The second-order valence-electron chi connectivity index (χ2n) is 6.44. The van der Waals surface area contributed by atoms with E-state index in [1.165, 1.54) is 4.88 Å². The molecule has 23 heavy (non-hydrogen) atoms. The van der Waals surface area contributed by atoms with Gasteiger partial charge in [-0.15, -0.1) is 11.3 Å². The molecule has 0 aromatic carbocycles. The number of thiophene rings is 1. The lowest BCUT2D eigenvalue weighted by Gasteiger charge is -2.43. The van der Waals surface area contributed by atoms with Crippen LogP contribution in [0, 0.1) is 11.8 Å². The van der Waals surface area contributed by atoms with E-state index >= 15 is 0 Å². The SMILES string of the molecule is COCCN1CC[C@@H]2OC[C@H](C(=O)NCc3cccs3)C[C@@H]2C1. The summed E-state index contributed by atoms with van der Waals surface area (Å²) < 4.78 is 11.2. The lowest BCUT2D eigenvalue weighted by atomic mass is 9.83. The summed E-state index contributed by atoms with van der Waals surface area (Å²) in [4.78, 5) is 16.0. The average molecular weight is 338 g/mol. The molecule has 2 aliphatic rings. The van der Waals surface area contributed by atoms with Gasteiger partial charge in [0.15, 0.2) is 0 Å². The van der Waals surface area contributed by atoms with Gasteiger partial charge in [0.2, 0.25) is 5.91 Å². The Balaban J connectivity index is 1.47. The van der Waals surface area contributed by atoms with E-state index in [1.54, 1.807) is 18.4 Å². The molecule has 0 saturated carbocycles. The summed E-state index contributed by atoms with van der Waals surface area (Å²) in [5, 5.41) is 5.09. The largest absolute Gasteiger partial charge is 0.383 e. The van der Waals surface area contributed by atoms with Gasteiger partial charge in [0.25, 0.3) is 0 Å². The third kappa shape index (κ3) is 4.53. The Bertz CT molecular complexity index is 494. The second kappa shape index (κ2) is 8.24. The van der Waals surface area contributed by atoms with Gasteiger partial charge in [-0.05, 0) is 30.2 Å². The normalized spacial score (nSPS) is 28.3. The van der Waals surface area contributed by atoms with Crippen LogP contribution in [-0.2, 0) is 20.8 Å². The lowest BCUT2D eigenvalue weighted by molar-refractivity contribution is -0.139. The molecule has 2 saturated heterocycles. The van der Waals surface area contributed by atoms with Gasteiger partial charge in [0, 0.05) is 31.6 Å². The van der Waals surface area contributed by atoms with Gasteiger partial charge in [0.1, 0.15) is 0 Å². The van der Waals surface area contributed by atoms with Crippen LogP contribution < -0.4 is 5.32 Å². The Hall–Kier alpha value is -0.950. The first kappa shape index (κ1) is 16.9. The summed E-state index contributed by atoms with van der Waals surface area (Å²) >= 11 is 1.67. The first-order valence-electron chi connectivity index (χ1n) is 8.39. The molecule has 0 spiro atoms. The van der Waals surface area contributed by atoms with Crippen LogP contribution in [0.25, 0.3) is 0 Å². The number of ether oxygens (including phenoxy) is 2. The molecule has 5 nitrogen and oxygen atoms in total. The Morgan fingerprint density at radius 2 is 2.48 bits per heavy atom. The summed E-state index contributed by atoms with van der Waals surface area (Å²) in [5.41, 5.74) is 0. The molecule has 2 fully saturated rings. The number of fused-ring (bicyclic) bond motifs is 1. The molecule has 128 valence electrons. The minimum absolute atomic E-state index is 0.0152. The Morgan fingerprint density at radius 3 is 3.26 bits per heavy atom. The fraction of sp³-hybridized carbons (Fsp3) is 0.706. The zero-order chi connectivity index (χ0) is 16.1. The van der Waals surface area contributed by atoms with Gasteiger partial charge in [-0.2, -0.15) is 0 Å². The molecule has 3 rings (SSSR count). The Morgan fingerprint density at radius 1 is 1.57 bits per heavy atom. The summed E-state index contributed by atoms with van der Waals surface area (Å²) in [6.45, 7) is 5.01. The third-order valence-corrected chi connectivity index (χ3v) is 5.72. The zero-order valence-electron chi connectivity index (χ0n) is 13.7. The predicted molar refractivity (Wildman–Crippen MR) is 90.4 cm³/mol. The highest BCUT2D eigenvalue weighted by molar-refractivity contribution is 7.09. The van der Waals surface area contributed by atoms with E-state index < -0.39 is 0 Å².